The van der Waals surface area contributed by atoms with Crippen molar-refractivity contribution in [1.29, 1.82) is 0 Å². The molecule has 0 aliphatic rings. The van der Waals surface area contributed by atoms with Crippen molar-refractivity contribution < 1.29 is 28.4 Å². The fourth-order valence-electron chi connectivity index (χ4n) is 2.03. The third-order valence-corrected chi connectivity index (χ3v) is 3.50. The highest BCUT2D eigenvalue weighted by Crippen LogP contribution is 2.21. The van der Waals surface area contributed by atoms with Crippen molar-refractivity contribution in [1.82, 2.24) is 14.9 Å². The standard InChI is InChI=1S/C16H30N4O6/c1-12(25-9-7-21-3)15-18-19-16(13(2)26-10-8-22-4)20(15)17-11-14(23-5)24-6/h11-14H,7-10H2,1-6H3. The Bertz CT molecular complexity index is 487. The molecule has 0 aliphatic carbocycles. The van der Waals surface area contributed by atoms with Gasteiger partial charge >= 0.3 is 0 Å². The maximum atomic E-state index is 5.71. The Kier molecular flexibility index (Phi) is 11.2. The van der Waals surface area contributed by atoms with Gasteiger partial charge in [0.05, 0.1) is 32.6 Å². The second-order valence-electron chi connectivity index (χ2n) is 5.34. The first kappa shape index (κ1) is 22.6. The van der Waals surface area contributed by atoms with E-state index in [9.17, 15) is 0 Å². The predicted molar refractivity (Wildman–Crippen MR) is 94.2 cm³/mol. The van der Waals surface area contributed by atoms with Crippen molar-refractivity contribution in [2.75, 3.05) is 54.9 Å². The van der Waals surface area contributed by atoms with E-state index in [0.717, 1.165) is 0 Å². The second-order valence-corrected chi connectivity index (χ2v) is 5.34. The highest BCUT2D eigenvalue weighted by molar-refractivity contribution is 5.61. The lowest BCUT2D eigenvalue weighted by molar-refractivity contribution is -0.0488. The van der Waals surface area contributed by atoms with Crippen LogP contribution in [-0.4, -0.2) is 82.2 Å². The summed E-state index contributed by atoms with van der Waals surface area (Å²) in [6, 6.07) is 0. The van der Waals surface area contributed by atoms with Crippen molar-refractivity contribution >= 4 is 6.21 Å². The molecule has 2 unspecified atom stereocenters. The number of hydrogen-bond acceptors (Lipinski definition) is 9. The van der Waals surface area contributed by atoms with E-state index in [1.54, 1.807) is 18.9 Å². The van der Waals surface area contributed by atoms with E-state index in [0.29, 0.717) is 38.1 Å². The van der Waals surface area contributed by atoms with E-state index in [1.165, 1.54) is 20.4 Å². The topological polar surface area (TPSA) is 98.5 Å². The monoisotopic (exact) mass is 374 g/mol. The Morgan fingerprint density at radius 2 is 1.31 bits per heavy atom. The summed E-state index contributed by atoms with van der Waals surface area (Å²) < 4.78 is 33.3. The normalized spacial score (nSPS) is 14.4. The summed E-state index contributed by atoms with van der Waals surface area (Å²) in [6.45, 7) is 5.58. The van der Waals surface area contributed by atoms with Crippen LogP contribution >= 0.6 is 0 Å². The minimum Gasteiger partial charge on any atom is -0.382 e. The first-order chi connectivity index (χ1) is 12.6. The van der Waals surface area contributed by atoms with Gasteiger partial charge in [0.1, 0.15) is 12.2 Å². The number of methoxy groups -OCH3 is 4. The fraction of sp³-hybridized carbons (Fsp3) is 0.812. The predicted octanol–water partition coefficient (Wildman–Crippen LogP) is 1.18. The Morgan fingerprint density at radius 1 is 0.846 bits per heavy atom. The van der Waals surface area contributed by atoms with Crippen molar-refractivity contribution in [2.45, 2.75) is 32.3 Å². The number of rotatable bonds is 14. The van der Waals surface area contributed by atoms with Gasteiger partial charge in [-0.05, 0) is 13.8 Å². The van der Waals surface area contributed by atoms with Gasteiger partial charge in [-0.15, -0.1) is 10.2 Å². The van der Waals surface area contributed by atoms with Crippen LogP contribution in [0.4, 0.5) is 0 Å². The quantitative estimate of drug-likeness (QED) is 0.272. The molecule has 2 atom stereocenters. The molecule has 1 aromatic rings. The molecule has 0 fully saturated rings. The zero-order chi connectivity index (χ0) is 19.4. The van der Waals surface area contributed by atoms with Gasteiger partial charge in [-0.25, -0.2) is 0 Å². The summed E-state index contributed by atoms with van der Waals surface area (Å²) >= 11 is 0. The third-order valence-electron chi connectivity index (χ3n) is 3.50. The van der Waals surface area contributed by atoms with Crippen molar-refractivity contribution in [3.05, 3.63) is 11.6 Å². The average Bonchev–Trinajstić information content (AvgIpc) is 3.07. The van der Waals surface area contributed by atoms with Crippen LogP contribution in [0.1, 0.15) is 37.7 Å². The lowest BCUT2D eigenvalue weighted by Gasteiger charge is -2.15. The molecule has 0 saturated heterocycles. The van der Waals surface area contributed by atoms with E-state index < -0.39 is 6.29 Å². The van der Waals surface area contributed by atoms with Gasteiger partial charge in [0.15, 0.2) is 17.9 Å². The van der Waals surface area contributed by atoms with E-state index in [2.05, 4.69) is 15.3 Å². The summed E-state index contributed by atoms with van der Waals surface area (Å²) in [5.41, 5.74) is 0. The van der Waals surface area contributed by atoms with Crippen molar-refractivity contribution in [3.63, 3.8) is 0 Å². The van der Waals surface area contributed by atoms with E-state index in [-0.39, 0.29) is 12.2 Å². The Morgan fingerprint density at radius 3 is 1.69 bits per heavy atom. The summed E-state index contributed by atoms with van der Waals surface area (Å²) in [6.07, 6.45) is 0.254. The molecule has 1 rings (SSSR count). The molecule has 0 amide bonds. The van der Waals surface area contributed by atoms with Gasteiger partial charge in [0.2, 0.25) is 0 Å². The molecule has 1 heterocycles. The highest BCUT2D eigenvalue weighted by atomic mass is 16.7. The van der Waals surface area contributed by atoms with Gasteiger partial charge < -0.3 is 28.4 Å². The molecule has 0 aliphatic heterocycles. The minimum atomic E-state index is -0.590. The molecule has 0 saturated carbocycles. The van der Waals surface area contributed by atoms with Gasteiger partial charge in [0.25, 0.3) is 0 Å². The van der Waals surface area contributed by atoms with E-state index >= 15 is 0 Å². The molecule has 26 heavy (non-hydrogen) atoms. The smallest absolute Gasteiger partial charge is 0.195 e. The van der Waals surface area contributed by atoms with Crippen LogP contribution in [0.3, 0.4) is 0 Å². The SMILES string of the molecule is COCCOC(C)c1nnc(C(C)OCCOC)n1N=CC(OC)OC. The zero-order valence-corrected chi connectivity index (χ0v) is 16.4. The lowest BCUT2D eigenvalue weighted by atomic mass is 10.3. The van der Waals surface area contributed by atoms with Crippen LogP contribution in [0, 0.1) is 0 Å². The van der Waals surface area contributed by atoms with Crippen LogP contribution in [0.2, 0.25) is 0 Å². The third kappa shape index (κ3) is 7.06. The fourth-order valence-corrected chi connectivity index (χ4v) is 2.03. The van der Waals surface area contributed by atoms with Crippen LogP contribution in [0.15, 0.2) is 5.10 Å². The first-order valence-corrected chi connectivity index (χ1v) is 8.35. The summed E-state index contributed by atoms with van der Waals surface area (Å²) in [4.78, 5) is 0. The van der Waals surface area contributed by atoms with E-state index in [4.69, 9.17) is 28.4 Å². The highest BCUT2D eigenvalue weighted by Gasteiger charge is 2.22. The molecule has 0 radical (unpaired) electrons. The Labute approximate surface area is 154 Å². The van der Waals surface area contributed by atoms with Gasteiger partial charge in [0, 0.05) is 28.4 Å². The van der Waals surface area contributed by atoms with Crippen LogP contribution in [-0.2, 0) is 28.4 Å². The van der Waals surface area contributed by atoms with Crippen LogP contribution in [0.25, 0.3) is 0 Å². The number of aromatic nitrogens is 3. The van der Waals surface area contributed by atoms with Crippen molar-refractivity contribution in [3.8, 4) is 0 Å². The van der Waals surface area contributed by atoms with E-state index in [1.807, 2.05) is 13.8 Å². The van der Waals surface area contributed by atoms with Crippen LogP contribution < -0.4 is 0 Å². The summed E-state index contributed by atoms with van der Waals surface area (Å²) in [5.74, 6) is 1.08. The average molecular weight is 374 g/mol. The first-order valence-electron chi connectivity index (χ1n) is 8.35. The molecular weight excluding hydrogens is 344 g/mol. The molecule has 0 bridgehead atoms. The summed E-state index contributed by atoms with van der Waals surface area (Å²) in [5, 5.41) is 12.8. The minimum absolute atomic E-state index is 0.335. The van der Waals surface area contributed by atoms with Crippen LogP contribution in [0.5, 0.6) is 0 Å². The van der Waals surface area contributed by atoms with Gasteiger partial charge in [-0.3, -0.25) is 0 Å². The molecule has 10 heteroatoms. The largest absolute Gasteiger partial charge is 0.382 e. The Hall–Kier alpha value is -1.43. The Balaban J connectivity index is 3.01. The maximum Gasteiger partial charge on any atom is 0.195 e. The lowest BCUT2D eigenvalue weighted by Crippen LogP contribution is -2.18. The molecule has 1 aromatic heterocycles. The van der Waals surface area contributed by atoms with Crippen molar-refractivity contribution in [2.24, 2.45) is 5.10 Å². The molecular formula is C16H30N4O6. The maximum absolute atomic E-state index is 5.71. The van der Waals surface area contributed by atoms with Gasteiger partial charge in [-0.2, -0.15) is 9.78 Å². The molecule has 0 aromatic carbocycles. The number of nitrogens with zero attached hydrogens (tertiary/aromatic N) is 4. The summed E-state index contributed by atoms with van der Waals surface area (Å²) in [7, 11) is 6.30. The second kappa shape index (κ2) is 12.8. The molecule has 10 nitrogen and oxygen atoms in total. The van der Waals surface area contributed by atoms with Gasteiger partial charge in [-0.1, -0.05) is 0 Å². The number of hydrogen-bond donors (Lipinski definition) is 0. The molecule has 150 valence electrons. The molecule has 0 spiro atoms. The number of ether oxygens (including phenoxy) is 6. The molecule has 0 N–H and O–H groups in total. The zero-order valence-electron chi connectivity index (χ0n) is 16.4.